The fourth-order valence-electron chi connectivity index (χ4n) is 0.321. The number of nitrogens with two attached hydrogens (primary N) is 1. The summed E-state index contributed by atoms with van der Waals surface area (Å²) in [5.41, 5.74) is 8.85. The van der Waals surface area contributed by atoms with Gasteiger partial charge in [-0.1, -0.05) is 0 Å². The van der Waals surface area contributed by atoms with Gasteiger partial charge in [-0.15, -0.1) is 0 Å². The molecule has 0 amide bonds. The first-order valence-electron chi connectivity index (χ1n) is 2.41. The van der Waals surface area contributed by atoms with Crippen molar-refractivity contribution in [1.82, 2.24) is 0 Å². The highest BCUT2D eigenvalue weighted by Gasteiger charge is 1.77. The number of unbranched alkanes of at least 4 members (excludes halogenated alkanes) is 1. The van der Waals surface area contributed by atoms with Crippen LogP contribution in [-0.2, 0) is 0 Å². The molecular formula is C4H13ClN2. The van der Waals surface area contributed by atoms with Crippen LogP contribution in [-0.4, -0.2) is 13.1 Å². The first-order chi connectivity index (χ1) is 2.91. The van der Waals surface area contributed by atoms with Crippen LogP contribution in [0.2, 0.25) is 0 Å². The monoisotopic (exact) mass is 128 g/mol. The van der Waals surface area contributed by atoms with Gasteiger partial charge in [0.05, 0.1) is 6.54 Å². The largest absolute Gasteiger partial charge is 1.00 e. The molecule has 0 aliphatic rings. The van der Waals surface area contributed by atoms with Crippen LogP contribution in [0.15, 0.2) is 0 Å². The molecule has 0 aromatic rings. The summed E-state index contributed by atoms with van der Waals surface area (Å²) < 4.78 is 0. The molecule has 0 aliphatic carbocycles. The molecule has 0 aliphatic heterocycles. The van der Waals surface area contributed by atoms with Crippen molar-refractivity contribution >= 4 is 0 Å². The summed E-state index contributed by atoms with van der Waals surface area (Å²) in [5.74, 6) is 0. The summed E-state index contributed by atoms with van der Waals surface area (Å²) in [5, 5.41) is 0. The Morgan fingerprint density at radius 3 is 2.00 bits per heavy atom. The average Bonchev–Trinajstić information content (AvgIpc) is 1.61. The summed E-state index contributed by atoms with van der Waals surface area (Å²) in [6, 6.07) is 0. The Bertz CT molecular complexity index is 21.7. The molecule has 0 unspecified atom stereocenters. The standard InChI is InChI=1S/C4H12N2.ClH/c5-3-1-2-4-6;/h1-6H2;1H/i3+1,4+1,5+1,6+1;. The van der Waals surface area contributed by atoms with Crippen LogP contribution in [0.5, 0.6) is 0 Å². The Kier molecular flexibility index (Phi) is 13.9. The Labute approximate surface area is 50.7 Å². The van der Waals surface area contributed by atoms with Crippen LogP contribution in [0.1, 0.15) is 12.8 Å². The summed E-state index contributed by atoms with van der Waals surface area (Å²) in [6.07, 6.45) is 2.31. The van der Waals surface area contributed by atoms with E-state index in [1.807, 2.05) is 0 Å². The molecule has 2 nitrogen and oxygen atoms in total. The summed E-state index contributed by atoms with van der Waals surface area (Å²) in [4.78, 5) is 0. The highest BCUT2D eigenvalue weighted by atomic mass is 35.5. The maximum atomic E-state index is 5.19. The van der Waals surface area contributed by atoms with Crippen LogP contribution in [0, 0.1) is 0 Å². The fourth-order valence-corrected chi connectivity index (χ4v) is 0.321. The van der Waals surface area contributed by atoms with Gasteiger partial charge in [-0.2, -0.15) is 0 Å². The quantitative estimate of drug-likeness (QED) is 0.227. The van der Waals surface area contributed by atoms with Gasteiger partial charge in [-0.05, 0) is 19.4 Å². The second-order valence-corrected chi connectivity index (χ2v) is 1.35. The molecular weight excluding hydrogens is 115 g/mol. The first-order valence-corrected chi connectivity index (χ1v) is 2.41. The molecule has 0 spiro atoms. The Hall–Kier alpha value is 0.210. The topological polar surface area (TPSA) is 53.7 Å². The van der Waals surface area contributed by atoms with E-state index in [1.54, 1.807) is 0 Å². The van der Waals surface area contributed by atoms with Gasteiger partial charge < -0.3 is 23.9 Å². The third-order valence-electron chi connectivity index (χ3n) is 0.704. The molecule has 0 aromatic heterocycles. The summed E-state index contributed by atoms with van der Waals surface area (Å²) in [6.45, 7) is 1.84. The van der Waals surface area contributed by atoms with Gasteiger partial charge >= 0.3 is 0 Å². The van der Waals surface area contributed by atoms with Gasteiger partial charge in [-0.3, -0.25) is 0 Å². The van der Waals surface area contributed by atoms with E-state index in [2.05, 4.69) is 5.73 Å². The fraction of sp³-hybridized carbons (Fsp3) is 1.00. The zero-order valence-electron chi connectivity index (χ0n) is 4.49. The molecule has 5 N–H and O–H groups in total. The predicted octanol–water partition coefficient (Wildman–Crippen LogP) is -4.03. The second kappa shape index (κ2) is 9.51. The number of rotatable bonds is 3. The number of hydrogen-bond acceptors (Lipinski definition) is 1. The maximum Gasteiger partial charge on any atom is 0.0740 e. The number of quaternary nitrogens is 1. The van der Waals surface area contributed by atoms with Crippen molar-refractivity contribution in [2.45, 2.75) is 12.8 Å². The van der Waals surface area contributed by atoms with Gasteiger partial charge in [-0.25, -0.2) is 0 Å². The number of hydrogen-bond donors (Lipinski definition) is 2. The van der Waals surface area contributed by atoms with Gasteiger partial charge in [0.2, 0.25) is 0 Å². The normalized spacial score (nSPS) is 7.71. The molecule has 0 radical (unpaired) electrons. The molecule has 3 heteroatoms. The van der Waals surface area contributed by atoms with E-state index in [0.717, 1.165) is 19.5 Å². The second-order valence-electron chi connectivity index (χ2n) is 1.35. The molecule has 0 aromatic carbocycles. The minimum absolute atomic E-state index is 0. The lowest BCUT2D eigenvalue weighted by molar-refractivity contribution is -0.368. The minimum Gasteiger partial charge on any atom is -1.00 e. The summed E-state index contributed by atoms with van der Waals surface area (Å²) >= 11 is 0. The van der Waals surface area contributed by atoms with Crippen LogP contribution in [0.3, 0.4) is 0 Å². The van der Waals surface area contributed by atoms with Crippen LogP contribution >= 0.6 is 0 Å². The minimum atomic E-state index is 0. The maximum absolute atomic E-state index is 5.19. The zero-order valence-corrected chi connectivity index (χ0v) is 5.25. The van der Waals surface area contributed by atoms with E-state index in [0.29, 0.717) is 0 Å². The lowest BCUT2D eigenvalue weighted by Gasteiger charge is -1.84. The van der Waals surface area contributed by atoms with E-state index < -0.39 is 0 Å². The van der Waals surface area contributed by atoms with E-state index in [4.69, 9.17) is 5.73 Å². The van der Waals surface area contributed by atoms with Gasteiger partial charge in [0, 0.05) is 0 Å². The number of halogens is 1. The van der Waals surface area contributed by atoms with Gasteiger partial charge in [0.15, 0.2) is 0 Å². The van der Waals surface area contributed by atoms with Crippen molar-refractivity contribution in [2.24, 2.45) is 5.73 Å². The molecule has 46 valence electrons. The lowest BCUT2D eigenvalue weighted by Crippen LogP contribution is -3.00. The third-order valence-corrected chi connectivity index (χ3v) is 0.704. The average molecular weight is 129 g/mol. The first kappa shape index (κ1) is 10.2. The van der Waals surface area contributed by atoms with Crippen molar-refractivity contribution in [3.05, 3.63) is 0 Å². The van der Waals surface area contributed by atoms with Crippen molar-refractivity contribution < 1.29 is 18.1 Å². The van der Waals surface area contributed by atoms with Crippen molar-refractivity contribution in [1.29, 1.82) is 0 Å². The Morgan fingerprint density at radius 1 is 1.29 bits per heavy atom. The highest BCUT2D eigenvalue weighted by molar-refractivity contribution is 4.34. The van der Waals surface area contributed by atoms with Crippen LogP contribution in [0.25, 0.3) is 0 Å². The molecule has 0 saturated heterocycles. The van der Waals surface area contributed by atoms with E-state index >= 15 is 0 Å². The Balaban J connectivity index is 0. The van der Waals surface area contributed by atoms with Crippen molar-refractivity contribution in [3.63, 3.8) is 0 Å². The lowest BCUT2D eigenvalue weighted by atomic mass is 10.6. The Morgan fingerprint density at radius 2 is 1.86 bits per heavy atom. The van der Waals surface area contributed by atoms with Crippen LogP contribution in [0.4, 0.5) is 0 Å². The van der Waals surface area contributed by atoms with Crippen molar-refractivity contribution in [2.75, 3.05) is 13.1 Å². The smallest absolute Gasteiger partial charge is 0.0740 e. The van der Waals surface area contributed by atoms with Gasteiger partial charge in [0.25, 0.3) is 0 Å². The molecule has 0 fully saturated rings. The van der Waals surface area contributed by atoms with E-state index in [-0.39, 0.29) is 12.4 Å². The van der Waals surface area contributed by atoms with E-state index in [1.165, 1.54) is 6.42 Å². The summed E-state index contributed by atoms with van der Waals surface area (Å²) in [7, 11) is 0. The molecule has 0 atom stereocenters. The molecule has 0 rings (SSSR count). The van der Waals surface area contributed by atoms with Crippen LogP contribution < -0.4 is 23.9 Å². The molecule has 7 heavy (non-hydrogen) atoms. The molecule has 0 saturated carbocycles. The molecule has 0 heterocycles. The van der Waals surface area contributed by atoms with Crippen molar-refractivity contribution in [3.8, 4) is 0 Å². The zero-order chi connectivity index (χ0) is 4.83. The highest BCUT2D eigenvalue weighted by Crippen LogP contribution is 1.76. The third kappa shape index (κ3) is 10.7. The predicted molar refractivity (Wildman–Crippen MR) is 26.0 cm³/mol. The van der Waals surface area contributed by atoms with E-state index in [9.17, 15) is 0 Å². The van der Waals surface area contributed by atoms with Gasteiger partial charge in [0.1, 0.15) is 0 Å². The SMILES string of the molecule is [15NH2][13CH2]CC[13CH2][15NH3+].[Cl-]. The molecule has 0 bridgehead atoms.